The van der Waals surface area contributed by atoms with Gasteiger partial charge in [-0.05, 0) is 42.7 Å². The van der Waals surface area contributed by atoms with E-state index in [1.165, 1.54) is 18.3 Å². The van der Waals surface area contributed by atoms with Crippen LogP contribution in [0.15, 0.2) is 23.8 Å². The van der Waals surface area contributed by atoms with Crippen LogP contribution in [0.3, 0.4) is 0 Å². The number of amides is 1. The molecule has 1 fully saturated rings. The Bertz CT molecular complexity index is 746. The van der Waals surface area contributed by atoms with Crippen molar-refractivity contribution in [3.8, 4) is 0 Å². The molecule has 1 amide bonds. The molecule has 0 aliphatic heterocycles. The maximum Gasteiger partial charge on any atom is 0.224 e. The van der Waals surface area contributed by atoms with E-state index in [1.54, 1.807) is 16.9 Å². The van der Waals surface area contributed by atoms with Crippen molar-refractivity contribution in [3.05, 3.63) is 39.8 Å². The number of aliphatic hydroxyl groups excluding tert-OH is 1. The molecule has 0 aromatic carbocycles. The second kappa shape index (κ2) is 6.86. The SMILES string of the molecule is CC(=O)c1cc(CC(=O)NC(c2cnn(C)c2)C2CC(O)C2)cs1. The summed E-state index contributed by atoms with van der Waals surface area (Å²) in [6.45, 7) is 1.52. The van der Waals surface area contributed by atoms with Gasteiger partial charge in [-0.15, -0.1) is 11.3 Å². The molecule has 2 aromatic heterocycles. The topological polar surface area (TPSA) is 84.2 Å². The van der Waals surface area contributed by atoms with E-state index in [1.807, 2.05) is 18.6 Å². The Morgan fingerprint density at radius 3 is 2.79 bits per heavy atom. The number of nitrogens with one attached hydrogen (secondary N) is 1. The van der Waals surface area contributed by atoms with Crippen molar-refractivity contribution in [2.45, 2.75) is 38.3 Å². The minimum absolute atomic E-state index is 0.0170. The molecule has 128 valence electrons. The number of aliphatic hydroxyl groups is 1. The molecular formula is C17H21N3O3S. The van der Waals surface area contributed by atoms with Gasteiger partial charge in [0.25, 0.3) is 0 Å². The molecule has 1 atom stereocenters. The Morgan fingerprint density at radius 1 is 1.50 bits per heavy atom. The van der Waals surface area contributed by atoms with Crippen molar-refractivity contribution in [1.29, 1.82) is 0 Å². The minimum Gasteiger partial charge on any atom is -0.393 e. The van der Waals surface area contributed by atoms with Gasteiger partial charge in [0, 0.05) is 18.8 Å². The van der Waals surface area contributed by atoms with Gasteiger partial charge in [-0.25, -0.2) is 0 Å². The normalized spacial score (nSPS) is 21.1. The molecule has 0 radical (unpaired) electrons. The quantitative estimate of drug-likeness (QED) is 0.781. The third-order valence-electron chi connectivity index (χ3n) is 4.39. The van der Waals surface area contributed by atoms with Gasteiger partial charge < -0.3 is 10.4 Å². The van der Waals surface area contributed by atoms with Gasteiger partial charge in [0.2, 0.25) is 5.91 Å². The van der Waals surface area contributed by atoms with Gasteiger partial charge in [0.05, 0.1) is 29.6 Å². The molecule has 0 spiro atoms. The van der Waals surface area contributed by atoms with E-state index in [0.717, 1.165) is 11.1 Å². The Kier molecular flexibility index (Phi) is 4.82. The summed E-state index contributed by atoms with van der Waals surface area (Å²) in [5.41, 5.74) is 1.80. The molecule has 2 heterocycles. The van der Waals surface area contributed by atoms with Crippen molar-refractivity contribution in [1.82, 2.24) is 15.1 Å². The van der Waals surface area contributed by atoms with E-state index in [2.05, 4.69) is 10.4 Å². The smallest absolute Gasteiger partial charge is 0.224 e. The fraction of sp³-hybridized carbons (Fsp3) is 0.471. The Labute approximate surface area is 144 Å². The van der Waals surface area contributed by atoms with Gasteiger partial charge in [0.1, 0.15) is 0 Å². The first-order valence-electron chi connectivity index (χ1n) is 7.96. The first-order valence-corrected chi connectivity index (χ1v) is 8.84. The number of aryl methyl sites for hydroxylation is 1. The summed E-state index contributed by atoms with van der Waals surface area (Å²) in [4.78, 5) is 24.5. The minimum atomic E-state index is -0.277. The number of carbonyl (C=O) groups is 2. The maximum absolute atomic E-state index is 12.4. The molecule has 1 unspecified atom stereocenters. The maximum atomic E-state index is 12.4. The molecule has 1 aliphatic rings. The summed E-state index contributed by atoms with van der Waals surface area (Å²) < 4.78 is 1.71. The summed E-state index contributed by atoms with van der Waals surface area (Å²) in [6.07, 6.45) is 5.00. The summed E-state index contributed by atoms with van der Waals surface area (Å²) in [6, 6.07) is 1.64. The molecular weight excluding hydrogens is 326 g/mol. The molecule has 1 aliphatic carbocycles. The van der Waals surface area contributed by atoms with Crippen LogP contribution in [-0.4, -0.2) is 32.7 Å². The highest BCUT2D eigenvalue weighted by molar-refractivity contribution is 7.12. The first kappa shape index (κ1) is 16.9. The molecule has 3 rings (SSSR count). The monoisotopic (exact) mass is 347 g/mol. The van der Waals surface area contributed by atoms with E-state index in [0.29, 0.717) is 17.7 Å². The molecule has 6 nitrogen and oxygen atoms in total. The third kappa shape index (κ3) is 3.73. The van der Waals surface area contributed by atoms with Gasteiger partial charge in [-0.2, -0.15) is 5.10 Å². The second-order valence-electron chi connectivity index (χ2n) is 6.43. The van der Waals surface area contributed by atoms with Crippen molar-refractivity contribution >= 4 is 23.0 Å². The summed E-state index contributed by atoms with van der Waals surface area (Å²) in [5.74, 6) is 0.157. The highest BCUT2D eigenvalue weighted by Crippen LogP contribution is 2.38. The average Bonchev–Trinajstić information content (AvgIpc) is 3.11. The largest absolute Gasteiger partial charge is 0.393 e. The van der Waals surface area contributed by atoms with Crippen molar-refractivity contribution < 1.29 is 14.7 Å². The predicted molar refractivity (Wildman–Crippen MR) is 90.9 cm³/mol. The third-order valence-corrected chi connectivity index (χ3v) is 5.47. The van der Waals surface area contributed by atoms with Crippen molar-refractivity contribution in [3.63, 3.8) is 0 Å². The van der Waals surface area contributed by atoms with Gasteiger partial charge >= 0.3 is 0 Å². The zero-order valence-electron chi connectivity index (χ0n) is 13.7. The molecule has 0 saturated heterocycles. The molecule has 2 aromatic rings. The first-order chi connectivity index (χ1) is 11.4. The van der Waals surface area contributed by atoms with Crippen LogP contribution in [0, 0.1) is 5.92 Å². The number of hydrogen-bond donors (Lipinski definition) is 2. The van der Waals surface area contributed by atoms with Crippen LogP contribution in [0.25, 0.3) is 0 Å². The molecule has 0 bridgehead atoms. The lowest BCUT2D eigenvalue weighted by molar-refractivity contribution is -0.122. The van der Waals surface area contributed by atoms with Gasteiger partial charge in [0.15, 0.2) is 5.78 Å². The standard InChI is InChI=1S/C17H21N3O3S/c1-10(21)15-3-11(9-24-15)4-16(23)19-17(12-5-14(22)6-12)13-7-18-20(2)8-13/h3,7-9,12,14,17,22H,4-6H2,1-2H3,(H,19,23). The van der Waals surface area contributed by atoms with Crippen LogP contribution in [0.2, 0.25) is 0 Å². The summed E-state index contributed by atoms with van der Waals surface area (Å²) >= 11 is 1.36. The Balaban J connectivity index is 1.67. The number of carbonyl (C=O) groups excluding carboxylic acids is 2. The summed E-state index contributed by atoms with van der Waals surface area (Å²) in [5, 5.41) is 18.7. The number of nitrogens with zero attached hydrogens (tertiary/aromatic N) is 2. The van der Waals surface area contributed by atoms with Crippen molar-refractivity contribution in [2.75, 3.05) is 0 Å². The van der Waals surface area contributed by atoms with E-state index in [4.69, 9.17) is 0 Å². The molecule has 24 heavy (non-hydrogen) atoms. The van der Waals surface area contributed by atoms with Crippen LogP contribution in [0.5, 0.6) is 0 Å². The lowest BCUT2D eigenvalue weighted by Crippen LogP contribution is -2.41. The van der Waals surface area contributed by atoms with Gasteiger partial charge in [-0.3, -0.25) is 14.3 Å². The van der Waals surface area contributed by atoms with E-state index in [9.17, 15) is 14.7 Å². The Morgan fingerprint density at radius 2 is 2.25 bits per heavy atom. The fourth-order valence-corrected chi connectivity index (χ4v) is 3.85. The Hall–Kier alpha value is -1.99. The number of thiophene rings is 1. The zero-order valence-corrected chi connectivity index (χ0v) is 14.5. The molecule has 2 N–H and O–H groups in total. The van der Waals surface area contributed by atoms with E-state index >= 15 is 0 Å². The number of ketones is 1. The van der Waals surface area contributed by atoms with Crippen LogP contribution >= 0.6 is 11.3 Å². The number of Topliss-reactive ketones (excluding diaryl/α,β-unsaturated/α-hetero) is 1. The zero-order chi connectivity index (χ0) is 17.3. The van der Waals surface area contributed by atoms with Crippen molar-refractivity contribution in [2.24, 2.45) is 13.0 Å². The highest BCUT2D eigenvalue weighted by Gasteiger charge is 2.36. The average molecular weight is 347 g/mol. The highest BCUT2D eigenvalue weighted by atomic mass is 32.1. The number of rotatable bonds is 6. The summed E-state index contributed by atoms with van der Waals surface area (Å²) in [7, 11) is 1.84. The molecule has 1 saturated carbocycles. The molecule has 7 heteroatoms. The van der Waals surface area contributed by atoms with E-state index < -0.39 is 0 Å². The van der Waals surface area contributed by atoms with Crippen LogP contribution in [0.4, 0.5) is 0 Å². The van der Waals surface area contributed by atoms with Gasteiger partial charge in [-0.1, -0.05) is 0 Å². The predicted octanol–water partition coefficient (Wildman–Crippen LogP) is 1.86. The lowest BCUT2D eigenvalue weighted by atomic mass is 9.75. The number of hydrogen-bond acceptors (Lipinski definition) is 5. The van der Waals surface area contributed by atoms with E-state index in [-0.39, 0.29) is 36.2 Å². The second-order valence-corrected chi connectivity index (χ2v) is 7.34. The number of aromatic nitrogens is 2. The van der Waals surface area contributed by atoms with Crippen LogP contribution in [0.1, 0.15) is 46.6 Å². The van der Waals surface area contributed by atoms with Crippen LogP contribution in [-0.2, 0) is 18.3 Å². The lowest BCUT2D eigenvalue weighted by Gasteiger charge is -2.37. The fourth-order valence-electron chi connectivity index (χ4n) is 3.04. The van der Waals surface area contributed by atoms with Crippen LogP contribution < -0.4 is 5.32 Å².